The van der Waals surface area contributed by atoms with E-state index in [9.17, 15) is 9.59 Å². The summed E-state index contributed by atoms with van der Waals surface area (Å²) in [5.41, 5.74) is 5.47. The minimum absolute atomic E-state index is 0.0697. The molecule has 0 aliphatic carbocycles. The van der Waals surface area contributed by atoms with Gasteiger partial charge >= 0.3 is 0 Å². The Morgan fingerprint density at radius 2 is 1.58 bits per heavy atom. The topological polar surface area (TPSA) is 49.4 Å². The Kier molecular flexibility index (Phi) is 7.01. The van der Waals surface area contributed by atoms with E-state index in [2.05, 4.69) is 11.4 Å². The Morgan fingerprint density at radius 3 is 2.33 bits per heavy atom. The molecule has 1 aliphatic heterocycles. The van der Waals surface area contributed by atoms with E-state index < -0.39 is 0 Å². The fourth-order valence-electron chi connectivity index (χ4n) is 4.18. The van der Waals surface area contributed by atoms with Gasteiger partial charge in [-0.1, -0.05) is 102 Å². The zero-order valence-electron chi connectivity index (χ0n) is 20.0. The first kappa shape index (κ1) is 23.6. The number of benzene rings is 4. The van der Waals surface area contributed by atoms with Crippen molar-refractivity contribution < 1.29 is 9.59 Å². The highest BCUT2D eigenvalue weighted by Gasteiger charge is 2.30. The summed E-state index contributed by atoms with van der Waals surface area (Å²) in [6, 6.07) is 33.4. The largest absolute Gasteiger partial charge is 0.348 e. The molecule has 0 bridgehead atoms. The third-order valence-electron chi connectivity index (χ3n) is 6.00. The van der Waals surface area contributed by atoms with Crippen LogP contribution >= 0.6 is 11.8 Å². The van der Waals surface area contributed by atoms with Crippen LogP contribution in [-0.2, 0) is 17.9 Å². The van der Waals surface area contributed by atoms with E-state index in [0.717, 1.165) is 32.8 Å². The zero-order valence-corrected chi connectivity index (χ0v) is 20.8. The summed E-state index contributed by atoms with van der Waals surface area (Å²) in [6.45, 7) is 2.91. The van der Waals surface area contributed by atoms with E-state index >= 15 is 0 Å². The summed E-state index contributed by atoms with van der Waals surface area (Å²) in [7, 11) is 0. The number of hydrogen-bond donors (Lipinski definition) is 1. The lowest BCUT2D eigenvalue weighted by atomic mass is 10.1. The number of fused-ring (bicyclic) bond motifs is 1. The maximum Gasteiger partial charge on any atom is 0.265 e. The van der Waals surface area contributed by atoms with Gasteiger partial charge in [0.2, 0.25) is 0 Å². The number of carbonyl (C=O) groups is 2. The molecule has 36 heavy (non-hydrogen) atoms. The van der Waals surface area contributed by atoms with E-state index in [4.69, 9.17) is 0 Å². The standard InChI is InChI=1S/C31H26N2O2S/c1-22-9-8-14-25(17-22)21-33-27-19-26(30(34)32-20-24-12-6-3-7-13-24)15-16-28(27)36-29(31(33)35)18-23-10-4-2-5-11-23/h2-19H,20-21H2,1H3,(H,32,34). The smallest absolute Gasteiger partial charge is 0.265 e. The van der Waals surface area contributed by atoms with Gasteiger partial charge in [-0.2, -0.15) is 0 Å². The van der Waals surface area contributed by atoms with Crippen LogP contribution in [0.25, 0.3) is 6.08 Å². The molecule has 0 saturated heterocycles. The Bertz CT molecular complexity index is 1430. The summed E-state index contributed by atoms with van der Waals surface area (Å²) in [5.74, 6) is -0.236. The molecule has 2 amide bonds. The fraction of sp³-hybridized carbons (Fsp3) is 0.0968. The molecule has 1 heterocycles. The van der Waals surface area contributed by atoms with Gasteiger partial charge < -0.3 is 10.2 Å². The molecule has 4 aromatic carbocycles. The number of aryl methyl sites for hydroxylation is 1. The molecule has 0 unspecified atom stereocenters. The summed E-state index contributed by atoms with van der Waals surface area (Å²) < 4.78 is 0. The van der Waals surface area contributed by atoms with Gasteiger partial charge in [0.05, 0.1) is 17.1 Å². The van der Waals surface area contributed by atoms with Crippen LogP contribution < -0.4 is 10.2 Å². The van der Waals surface area contributed by atoms with Crippen molar-refractivity contribution in [2.75, 3.05) is 4.90 Å². The summed E-state index contributed by atoms with van der Waals surface area (Å²) in [6.07, 6.45) is 1.93. The van der Waals surface area contributed by atoms with Crippen molar-refractivity contribution in [3.63, 3.8) is 0 Å². The van der Waals surface area contributed by atoms with Crippen LogP contribution in [0.1, 0.15) is 32.6 Å². The van der Waals surface area contributed by atoms with E-state index in [1.165, 1.54) is 11.8 Å². The molecule has 1 N–H and O–H groups in total. The minimum Gasteiger partial charge on any atom is -0.348 e. The molecule has 5 heteroatoms. The van der Waals surface area contributed by atoms with Gasteiger partial charge in [0.15, 0.2) is 0 Å². The molecule has 0 aromatic heterocycles. The van der Waals surface area contributed by atoms with E-state index in [0.29, 0.717) is 23.6 Å². The minimum atomic E-state index is -0.166. The third kappa shape index (κ3) is 5.42. The molecule has 4 nitrogen and oxygen atoms in total. The van der Waals surface area contributed by atoms with Crippen LogP contribution in [0.3, 0.4) is 0 Å². The average Bonchev–Trinajstić information content (AvgIpc) is 2.90. The van der Waals surface area contributed by atoms with Gasteiger partial charge in [0.1, 0.15) is 0 Å². The van der Waals surface area contributed by atoms with E-state index in [1.54, 1.807) is 4.90 Å². The Morgan fingerprint density at radius 1 is 0.861 bits per heavy atom. The lowest BCUT2D eigenvalue weighted by Gasteiger charge is -2.31. The fourth-order valence-corrected chi connectivity index (χ4v) is 5.22. The van der Waals surface area contributed by atoms with Gasteiger partial charge in [-0.15, -0.1) is 0 Å². The van der Waals surface area contributed by atoms with Gasteiger partial charge in [0.25, 0.3) is 11.8 Å². The number of carbonyl (C=O) groups excluding carboxylic acids is 2. The number of nitrogens with zero attached hydrogens (tertiary/aromatic N) is 1. The SMILES string of the molecule is Cc1cccc(CN2C(=O)C(=Cc3ccccc3)Sc3ccc(C(=O)NCc4ccccc4)cc32)c1. The van der Waals surface area contributed by atoms with Crippen molar-refractivity contribution in [2.24, 2.45) is 0 Å². The van der Waals surface area contributed by atoms with Gasteiger partial charge in [-0.05, 0) is 47.9 Å². The number of thioether (sulfide) groups is 1. The van der Waals surface area contributed by atoms with Crippen LogP contribution in [0.2, 0.25) is 0 Å². The van der Waals surface area contributed by atoms with Gasteiger partial charge in [-0.25, -0.2) is 0 Å². The highest BCUT2D eigenvalue weighted by molar-refractivity contribution is 8.04. The van der Waals surface area contributed by atoms with Crippen LogP contribution in [-0.4, -0.2) is 11.8 Å². The molecular formula is C31H26N2O2S. The Labute approximate surface area is 215 Å². The molecule has 0 spiro atoms. The number of hydrogen-bond acceptors (Lipinski definition) is 3. The number of amides is 2. The normalized spacial score (nSPS) is 14.0. The van der Waals surface area contributed by atoms with Crippen molar-refractivity contribution in [3.05, 3.63) is 136 Å². The summed E-state index contributed by atoms with van der Waals surface area (Å²) >= 11 is 1.45. The van der Waals surface area contributed by atoms with Crippen molar-refractivity contribution in [1.29, 1.82) is 0 Å². The van der Waals surface area contributed by atoms with E-state index in [1.807, 2.05) is 110 Å². The highest BCUT2D eigenvalue weighted by atomic mass is 32.2. The molecule has 178 valence electrons. The average molecular weight is 491 g/mol. The van der Waals surface area contributed by atoms with Gasteiger partial charge in [0, 0.05) is 17.0 Å². The van der Waals surface area contributed by atoms with Crippen LogP contribution in [0, 0.1) is 6.92 Å². The summed E-state index contributed by atoms with van der Waals surface area (Å²) in [4.78, 5) is 30.1. The van der Waals surface area contributed by atoms with Crippen molar-refractivity contribution in [2.45, 2.75) is 24.9 Å². The maximum absolute atomic E-state index is 13.7. The van der Waals surface area contributed by atoms with Gasteiger partial charge in [-0.3, -0.25) is 9.59 Å². The van der Waals surface area contributed by atoms with E-state index in [-0.39, 0.29) is 11.8 Å². The zero-order chi connectivity index (χ0) is 24.9. The number of anilines is 1. The predicted molar refractivity (Wildman–Crippen MR) is 147 cm³/mol. The first-order valence-corrected chi connectivity index (χ1v) is 12.7. The number of rotatable bonds is 6. The molecule has 0 radical (unpaired) electrons. The second-order valence-electron chi connectivity index (χ2n) is 8.75. The molecule has 0 fully saturated rings. The Hall–Kier alpha value is -4.09. The Balaban J connectivity index is 1.47. The first-order valence-electron chi connectivity index (χ1n) is 11.8. The number of nitrogens with one attached hydrogen (secondary N) is 1. The second-order valence-corrected chi connectivity index (χ2v) is 9.84. The lowest BCUT2D eigenvalue weighted by Crippen LogP contribution is -2.34. The predicted octanol–water partition coefficient (Wildman–Crippen LogP) is 6.61. The molecule has 0 atom stereocenters. The molecule has 1 aliphatic rings. The second kappa shape index (κ2) is 10.7. The maximum atomic E-state index is 13.7. The third-order valence-corrected chi connectivity index (χ3v) is 7.08. The monoisotopic (exact) mass is 490 g/mol. The molecule has 4 aromatic rings. The van der Waals surface area contributed by atoms with Crippen LogP contribution in [0.5, 0.6) is 0 Å². The van der Waals surface area contributed by atoms with Crippen molar-refractivity contribution in [1.82, 2.24) is 5.32 Å². The van der Waals surface area contributed by atoms with Crippen molar-refractivity contribution >= 4 is 35.3 Å². The van der Waals surface area contributed by atoms with Crippen molar-refractivity contribution in [3.8, 4) is 0 Å². The molecule has 5 rings (SSSR count). The quantitative estimate of drug-likeness (QED) is 0.310. The highest BCUT2D eigenvalue weighted by Crippen LogP contribution is 2.43. The molecule has 0 saturated carbocycles. The van der Waals surface area contributed by atoms with Crippen LogP contribution in [0.15, 0.2) is 113 Å². The lowest BCUT2D eigenvalue weighted by molar-refractivity contribution is -0.114. The van der Waals surface area contributed by atoms with Crippen LogP contribution in [0.4, 0.5) is 5.69 Å². The molecular weight excluding hydrogens is 464 g/mol. The summed E-state index contributed by atoms with van der Waals surface area (Å²) in [5, 5.41) is 2.99. The first-order chi connectivity index (χ1) is 17.6.